The second-order valence-corrected chi connectivity index (χ2v) is 8.71. The maximum Gasteiger partial charge on any atom is 0.325 e. The first-order valence-electron chi connectivity index (χ1n) is 10.5. The lowest BCUT2D eigenvalue weighted by atomic mass is 9.88. The van der Waals surface area contributed by atoms with Crippen molar-refractivity contribution in [3.05, 3.63) is 35.4 Å². The van der Waals surface area contributed by atoms with Gasteiger partial charge in [0.05, 0.1) is 12.7 Å². The molecule has 2 atom stereocenters. The van der Waals surface area contributed by atoms with Crippen LogP contribution < -0.4 is 10.6 Å². The zero-order valence-corrected chi connectivity index (χ0v) is 18.2. The van der Waals surface area contributed by atoms with E-state index in [0.29, 0.717) is 19.1 Å². The molecule has 2 N–H and O–H groups in total. The highest BCUT2D eigenvalue weighted by atomic mass is 16.5. The van der Waals surface area contributed by atoms with Crippen molar-refractivity contribution in [3.63, 3.8) is 0 Å². The molecule has 0 radical (unpaired) electrons. The lowest BCUT2D eigenvalue weighted by molar-refractivity contribution is -0.135. The quantitative estimate of drug-likeness (QED) is 0.653. The van der Waals surface area contributed by atoms with Crippen LogP contribution in [-0.4, -0.2) is 73.1 Å². The summed E-state index contributed by atoms with van der Waals surface area (Å²) in [6.07, 6.45) is -0.0956. The Morgan fingerprint density at radius 3 is 2.77 bits per heavy atom. The Kier molecular flexibility index (Phi) is 6.77. The van der Waals surface area contributed by atoms with Gasteiger partial charge in [0.1, 0.15) is 12.1 Å². The van der Waals surface area contributed by atoms with Crippen molar-refractivity contribution < 1.29 is 19.1 Å². The number of nitrogens with one attached hydrogen (secondary N) is 2. The molecule has 2 fully saturated rings. The number of carbonyl (C=O) groups excluding carboxylic acids is 3. The van der Waals surface area contributed by atoms with E-state index < -0.39 is 17.5 Å². The van der Waals surface area contributed by atoms with Gasteiger partial charge in [-0.1, -0.05) is 38.1 Å². The van der Waals surface area contributed by atoms with E-state index in [1.165, 1.54) is 0 Å². The van der Waals surface area contributed by atoms with Gasteiger partial charge >= 0.3 is 6.03 Å². The second-order valence-electron chi connectivity index (χ2n) is 8.71. The van der Waals surface area contributed by atoms with Crippen LogP contribution in [0.1, 0.15) is 31.9 Å². The Morgan fingerprint density at radius 2 is 2.07 bits per heavy atom. The van der Waals surface area contributed by atoms with Crippen molar-refractivity contribution in [2.75, 3.05) is 39.3 Å². The molecule has 2 heterocycles. The molecular weight excluding hydrogens is 384 g/mol. The molecule has 3 rings (SSSR count). The third-order valence-corrected chi connectivity index (χ3v) is 5.63. The molecule has 8 nitrogen and oxygen atoms in total. The molecule has 0 aliphatic carbocycles. The summed E-state index contributed by atoms with van der Waals surface area (Å²) in [5.41, 5.74) is 0.458. The van der Waals surface area contributed by atoms with E-state index >= 15 is 0 Å². The fraction of sp³-hybridized carbons (Fsp3) is 0.591. The van der Waals surface area contributed by atoms with E-state index in [-0.39, 0.29) is 18.6 Å². The van der Waals surface area contributed by atoms with E-state index in [1.807, 2.05) is 31.2 Å². The average molecular weight is 417 g/mol. The van der Waals surface area contributed by atoms with Crippen LogP contribution in [0.2, 0.25) is 0 Å². The largest absolute Gasteiger partial charge is 0.374 e. The molecule has 0 saturated carbocycles. The van der Waals surface area contributed by atoms with E-state index in [4.69, 9.17) is 4.74 Å². The summed E-state index contributed by atoms with van der Waals surface area (Å²) in [6, 6.07) is 6.86. The number of aryl methyl sites for hydroxylation is 1. The summed E-state index contributed by atoms with van der Waals surface area (Å²) in [5.74, 6) is -0.230. The van der Waals surface area contributed by atoms with Crippen LogP contribution in [0.3, 0.4) is 0 Å². The van der Waals surface area contributed by atoms with Crippen molar-refractivity contribution in [1.29, 1.82) is 0 Å². The number of morpholine rings is 1. The van der Waals surface area contributed by atoms with Crippen molar-refractivity contribution in [3.8, 4) is 0 Å². The van der Waals surface area contributed by atoms with Crippen molar-refractivity contribution in [1.82, 2.24) is 20.4 Å². The number of nitrogens with zero attached hydrogens (tertiary/aromatic N) is 2. The Hall–Kier alpha value is -2.45. The van der Waals surface area contributed by atoms with Gasteiger partial charge in [-0.05, 0) is 30.9 Å². The highest BCUT2D eigenvalue weighted by Crippen LogP contribution is 2.30. The van der Waals surface area contributed by atoms with Crippen LogP contribution >= 0.6 is 0 Å². The number of imide groups is 1. The minimum Gasteiger partial charge on any atom is -0.374 e. The first kappa shape index (κ1) is 22.2. The summed E-state index contributed by atoms with van der Waals surface area (Å²) in [5, 5.41) is 5.56. The number of urea groups is 1. The molecular formula is C22H32N4O4. The lowest BCUT2D eigenvalue weighted by Gasteiger charge is -2.34. The molecule has 2 saturated heterocycles. The van der Waals surface area contributed by atoms with Crippen LogP contribution in [0.5, 0.6) is 0 Å². The second kappa shape index (κ2) is 9.14. The van der Waals surface area contributed by atoms with Gasteiger partial charge in [0, 0.05) is 26.2 Å². The predicted molar refractivity (Wildman–Crippen MR) is 113 cm³/mol. The minimum atomic E-state index is -1.17. The number of hydrogen-bond donors (Lipinski definition) is 2. The average Bonchev–Trinajstić information content (AvgIpc) is 2.90. The summed E-state index contributed by atoms with van der Waals surface area (Å²) in [7, 11) is 0. The van der Waals surface area contributed by atoms with Crippen molar-refractivity contribution in [2.45, 2.75) is 39.3 Å². The molecule has 0 spiro atoms. The molecule has 8 heteroatoms. The van der Waals surface area contributed by atoms with Gasteiger partial charge < -0.3 is 15.4 Å². The first-order valence-corrected chi connectivity index (χ1v) is 10.5. The molecule has 2 aliphatic rings. The van der Waals surface area contributed by atoms with Gasteiger partial charge in [-0.15, -0.1) is 0 Å². The maximum atomic E-state index is 13.0. The third kappa shape index (κ3) is 4.82. The van der Waals surface area contributed by atoms with E-state index in [1.54, 1.807) is 6.92 Å². The number of rotatable bonds is 7. The molecule has 1 aromatic rings. The highest BCUT2D eigenvalue weighted by molar-refractivity contribution is 6.09. The van der Waals surface area contributed by atoms with Gasteiger partial charge in [-0.3, -0.25) is 19.4 Å². The number of benzene rings is 1. The minimum absolute atomic E-state index is 0.0956. The fourth-order valence-electron chi connectivity index (χ4n) is 4.17. The molecule has 4 amide bonds. The molecule has 2 aliphatic heterocycles. The van der Waals surface area contributed by atoms with Crippen LogP contribution in [0, 0.1) is 12.8 Å². The fourth-order valence-corrected chi connectivity index (χ4v) is 4.17. The van der Waals surface area contributed by atoms with Gasteiger partial charge in [0.2, 0.25) is 5.91 Å². The molecule has 164 valence electrons. The van der Waals surface area contributed by atoms with Crippen molar-refractivity contribution in [2.24, 2.45) is 5.92 Å². The lowest BCUT2D eigenvalue weighted by Crippen LogP contribution is -2.50. The third-order valence-electron chi connectivity index (χ3n) is 5.63. The predicted octanol–water partition coefficient (Wildman–Crippen LogP) is 1.24. The zero-order valence-electron chi connectivity index (χ0n) is 18.2. The number of hydrogen-bond acceptors (Lipinski definition) is 5. The Balaban J connectivity index is 1.56. The first-order chi connectivity index (χ1) is 14.2. The maximum absolute atomic E-state index is 13.0. The Labute approximate surface area is 177 Å². The normalized spacial score (nSPS) is 25.0. The monoisotopic (exact) mass is 416 g/mol. The molecule has 2 unspecified atom stereocenters. The number of ether oxygens (including phenoxy) is 1. The SMILES string of the molecule is Cc1ccccc1C1(C)NC(=O)N(CC(=O)NCC2CN(CC(C)C)CCO2)C1=O. The van der Waals surface area contributed by atoms with Crippen LogP contribution in [0.4, 0.5) is 4.79 Å². The van der Waals surface area contributed by atoms with Crippen LogP contribution in [-0.2, 0) is 19.9 Å². The van der Waals surface area contributed by atoms with E-state index in [9.17, 15) is 14.4 Å². The Morgan fingerprint density at radius 1 is 1.33 bits per heavy atom. The summed E-state index contributed by atoms with van der Waals surface area (Å²) < 4.78 is 5.74. The molecule has 30 heavy (non-hydrogen) atoms. The smallest absolute Gasteiger partial charge is 0.325 e. The number of amides is 4. The van der Waals surface area contributed by atoms with Crippen molar-refractivity contribution >= 4 is 17.8 Å². The van der Waals surface area contributed by atoms with Gasteiger partial charge in [0.25, 0.3) is 5.91 Å². The Bertz CT molecular complexity index is 812. The summed E-state index contributed by atoms with van der Waals surface area (Å²) >= 11 is 0. The highest BCUT2D eigenvalue weighted by Gasteiger charge is 2.50. The van der Waals surface area contributed by atoms with Crippen LogP contribution in [0.15, 0.2) is 24.3 Å². The summed E-state index contributed by atoms with van der Waals surface area (Å²) in [6.45, 7) is 11.2. The van der Waals surface area contributed by atoms with Gasteiger partial charge in [-0.2, -0.15) is 0 Å². The molecule has 1 aromatic carbocycles. The molecule has 0 bridgehead atoms. The molecule has 0 aromatic heterocycles. The topological polar surface area (TPSA) is 91.0 Å². The van der Waals surface area contributed by atoms with Gasteiger partial charge in [0.15, 0.2) is 0 Å². The number of carbonyl (C=O) groups is 3. The standard InChI is InChI=1S/C22H32N4O4/c1-15(2)12-25-9-10-30-17(13-25)11-23-19(27)14-26-20(28)22(4,24-21(26)29)18-8-6-5-7-16(18)3/h5-8,15,17H,9-14H2,1-4H3,(H,23,27)(H,24,29). The van der Waals surface area contributed by atoms with E-state index in [0.717, 1.165) is 35.7 Å². The van der Waals surface area contributed by atoms with Gasteiger partial charge in [-0.25, -0.2) is 4.79 Å². The van der Waals surface area contributed by atoms with Crippen LogP contribution in [0.25, 0.3) is 0 Å². The summed E-state index contributed by atoms with van der Waals surface area (Å²) in [4.78, 5) is 41.2. The zero-order chi connectivity index (χ0) is 21.9. The van der Waals surface area contributed by atoms with E-state index in [2.05, 4.69) is 29.4 Å².